The summed E-state index contributed by atoms with van der Waals surface area (Å²) in [5.41, 5.74) is 2.04. The second-order valence-corrected chi connectivity index (χ2v) is 5.20. The molecular weight excluding hydrogens is 262 g/mol. The molecule has 2 rings (SSSR count). The van der Waals surface area contributed by atoms with Crippen LogP contribution in [0.1, 0.15) is 25.0 Å². The van der Waals surface area contributed by atoms with Crippen LogP contribution in [0.4, 0.5) is 5.69 Å². The highest BCUT2D eigenvalue weighted by molar-refractivity contribution is 5.85. The molecule has 21 heavy (non-hydrogen) atoms. The summed E-state index contributed by atoms with van der Waals surface area (Å²) in [6.45, 7) is 6.05. The van der Waals surface area contributed by atoms with Gasteiger partial charge in [0.1, 0.15) is 0 Å². The molecule has 0 bridgehead atoms. The maximum atomic E-state index is 12.5. The van der Waals surface area contributed by atoms with Gasteiger partial charge in [0.05, 0.1) is 6.61 Å². The second-order valence-electron chi connectivity index (χ2n) is 5.20. The largest absolute Gasteiger partial charge is 0.464 e. The Morgan fingerprint density at radius 2 is 1.71 bits per heavy atom. The van der Waals surface area contributed by atoms with Crippen molar-refractivity contribution < 1.29 is 9.53 Å². The highest BCUT2D eigenvalue weighted by atomic mass is 16.5. The lowest BCUT2D eigenvalue weighted by molar-refractivity contribution is -0.148. The van der Waals surface area contributed by atoms with Gasteiger partial charge in [-0.3, -0.25) is 0 Å². The summed E-state index contributed by atoms with van der Waals surface area (Å²) in [5.74, 6) is -0.281. The Morgan fingerprint density at radius 1 is 1.10 bits per heavy atom. The van der Waals surface area contributed by atoms with E-state index in [0.717, 1.165) is 11.3 Å². The minimum Gasteiger partial charge on any atom is -0.464 e. The number of esters is 1. The summed E-state index contributed by atoms with van der Waals surface area (Å²) in [7, 11) is 0. The standard InChI is InChI=1S/C18H21NO2/c1-4-21-17(20)18(3,15-8-6-5-7-9-15)19-16-12-10-14(2)11-13-16/h5-13,19H,4H2,1-3H3. The monoisotopic (exact) mass is 283 g/mol. The SMILES string of the molecule is CCOC(=O)C(C)(Nc1ccc(C)cc1)c1ccccc1. The molecule has 1 atom stereocenters. The lowest BCUT2D eigenvalue weighted by atomic mass is 9.91. The Balaban J connectivity index is 2.36. The van der Waals surface area contributed by atoms with E-state index in [0.29, 0.717) is 6.61 Å². The topological polar surface area (TPSA) is 38.3 Å². The van der Waals surface area contributed by atoms with Crippen molar-refractivity contribution in [3.05, 3.63) is 65.7 Å². The average molecular weight is 283 g/mol. The number of carbonyl (C=O) groups is 1. The number of rotatable bonds is 5. The summed E-state index contributed by atoms with van der Waals surface area (Å²) < 4.78 is 5.26. The van der Waals surface area contributed by atoms with E-state index in [1.165, 1.54) is 5.56 Å². The van der Waals surface area contributed by atoms with E-state index in [9.17, 15) is 4.79 Å². The van der Waals surface area contributed by atoms with Gasteiger partial charge in [0, 0.05) is 5.69 Å². The number of aryl methyl sites for hydroxylation is 1. The van der Waals surface area contributed by atoms with E-state index >= 15 is 0 Å². The Kier molecular flexibility index (Phi) is 4.63. The quantitative estimate of drug-likeness (QED) is 0.846. The third-order valence-electron chi connectivity index (χ3n) is 3.48. The number of carbonyl (C=O) groups excluding carboxylic acids is 1. The van der Waals surface area contributed by atoms with Crippen molar-refractivity contribution in [3.8, 4) is 0 Å². The summed E-state index contributed by atoms with van der Waals surface area (Å²) in [6.07, 6.45) is 0. The fraction of sp³-hybridized carbons (Fsp3) is 0.278. The van der Waals surface area contributed by atoms with Crippen LogP contribution in [-0.4, -0.2) is 12.6 Å². The third kappa shape index (κ3) is 3.43. The highest BCUT2D eigenvalue weighted by Gasteiger charge is 2.36. The molecule has 0 aliphatic heterocycles. The summed E-state index contributed by atoms with van der Waals surface area (Å²) in [6, 6.07) is 17.6. The number of benzene rings is 2. The third-order valence-corrected chi connectivity index (χ3v) is 3.48. The van der Waals surface area contributed by atoms with Crippen LogP contribution in [0.5, 0.6) is 0 Å². The lowest BCUT2D eigenvalue weighted by Crippen LogP contribution is -2.42. The molecule has 2 aromatic carbocycles. The van der Waals surface area contributed by atoms with Gasteiger partial charge in [0.25, 0.3) is 0 Å². The van der Waals surface area contributed by atoms with Gasteiger partial charge in [-0.05, 0) is 38.5 Å². The van der Waals surface area contributed by atoms with Crippen LogP contribution in [0.15, 0.2) is 54.6 Å². The van der Waals surface area contributed by atoms with Gasteiger partial charge in [-0.1, -0.05) is 48.0 Å². The first-order chi connectivity index (χ1) is 10.1. The lowest BCUT2D eigenvalue weighted by Gasteiger charge is -2.30. The number of ether oxygens (including phenoxy) is 1. The van der Waals surface area contributed by atoms with Gasteiger partial charge in [-0.15, -0.1) is 0 Å². The predicted octanol–water partition coefficient (Wildman–Crippen LogP) is 3.89. The van der Waals surface area contributed by atoms with E-state index in [-0.39, 0.29) is 5.97 Å². The Hall–Kier alpha value is -2.29. The molecule has 0 aliphatic carbocycles. The highest BCUT2D eigenvalue weighted by Crippen LogP contribution is 2.27. The minimum absolute atomic E-state index is 0.281. The summed E-state index contributed by atoms with van der Waals surface area (Å²) in [4.78, 5) is 12.5. The molecule has 0 fully saturated rings. The van der Waals surface area contributed by atoms with E-state index in [4.69, 9.17) is 4.74 Å². The van der Waals surface area contributed by atoms with Gasteiger partial charge in [-0.2, -0.15) is 0 Å². The van der Waals surface area contributed by atoms with Crippen molar-refractivity contribution in [2.24, 2.45) is 0 Å². The van der Waals surface area contributed by atoms with Gasteiger partial charge >= 0.3 is 5.97 Å². The van der Waals surface area contributed by atoms with Crippen LogP contribution in [0.25, 0.3) is 0 Å². The molecule has 0 spiro atoms. The van der Waals surface area contributed by atoms with Crippen LogP contribution in [0.2, 0.25) is 0 Å². The number of nitrogens with one attached hydrogen (secondary N) is 1. The molecule has 0 saturated heterocycles. The second kappa shape index (κ2) is 6.44. The minimum atomic E-state index is -0.910. The van der Waals surface area contributed by atoms with E-state index in [1.807, 2.05) is 75.4 Å². The molecule has 0 aliphatic rings. The number of anilines is 1. The number of hydrogen-bond donors (Lipinski definition) is 1. The fourth-order valence-electron chi connectivity index (χ4n) is 2.21. The smallest absolute Gasteiger partial charge is 0.336 e. The molecule has 3 heteroatoms. The molecule has 1 N–H and O–H groups in total. The molecule has 2 aromatic rings. The molecule has 1 unspecified atom stereocenters. The Bertz CT molecular complexity index is 592. The van der Waals surface area contributed by atoms with Crippen molar-refractivity contribution in [3.63, 3.8) is 0 Å². The van der Waals surface area contributed by atoms with Crippen LogP contribution < -0.4 is 5.32 Å². The molecular formula is C18H21NO2. The summed E-state index contributed by atoms with van der Waals surface area (Å²) in [5, 5.41) is 3.31. The molecule has 0 saturated carbocycles. The first-order valence-corrected chi connectivity index (χ1v) is 7.14. The van der Waals surface area contributed by atoms with E-state index in [2.05, 4.69) is 5.32 Å². The van der Waals surface area contributed by atoms with Gasteiger partial charge in [0.2, 0.25) is 0 Å². The zero-order valence-corrected chi connectivity index (χ0v) is 12.7. The summed E-state index contributed by atoms with van der Waals surface area (Å²) >= 11 is 0. The van der Waals surface area contributed by atoms with Gasteiger partial charge in [0.15, 0.2) is 5.54 Å². The predicted molar refractivity (Wildman–Crippen MR) is 85.2 cm³/mol. The zero-order valence-electron chi connectivity index (χ0n) is 12.7. The molecule has 3 nitrogen and oxygen atoms in total. The normalized spacial score (nSPS) is 13.3. The molecule has 0 amide bonds. The van der Waals surface area contributed by atoms with Gasteiger partial charge in [-0.25, -0.2) is 4.79 Å². The maximum absolute atomic E-state index is 12.5. The zero-order chi connectivity index (χ0) is 15.3. The molecule has 110 valence electrons. The Morgan fingerprint density at radius 3 is 2.29 bits per heavy atom. The van der Waals surface area contributed by atoms with Crippen molar-refractivity contribution >= 4 is 11.7 Å². The van der Waals surface area contributed by atoms with Crippen molar-refractivity contribution in [1.29, 1.82) is 0 Å². The molecule has 0 heterocycles. The fourth-order valence-corrected chi connectivity index (χ4v) is 2.21. The van der Waals surface area contributed by atoms with Crippen molar-refractivity contribution in [1.82, 2.24) is 0 Å². The van der Waals surface area contributed by atoms with Crippen molar-refractivity contribution in [2.45, 2.75) is 26.3 Å². The first kappa shape index (κ1) is 15.1. The van der Waals surface area contributed by atoms with E-state index in [1.54, 1.807) is 0 Å². The molecule has 0 radical (unpaired) electrons. The number of hydrogen-bond acceptors (Lipinski definition) is 3. The van der Waals surface area contributed by atoms with Crippen LogP contribution in [-0.2, 0) is 15.1 Å². The van der Waals surface area contributed by atoms with Crippen LogP contribution >= 0.6 is 0 Å². The maximum Gasteiger partial charge on any atom is 0.336 e. The van der Waals surface area contributed by atoms with Crippen molar-refractivity contribution in [2.75, 3.05) is 11.9 Å². The molecule has 0 aromatic heterocycles. The van der Waals surface area contributed by atoms with Gasteiger partial charge < -0.3 is 10.1 Å². The average Bonchev–Trinajstić information content (AvgIpc) is 2.50. The van der Waals surface area contributed by atoms with Crippen LogP contribution in [0, 0.1) is 6.92 Å². The van der Waals surface area contributed by atoms with E-state index < -0.39 is 5.54 Å². The Labute approximate surface area is 126 Å². The van der Waals surface area contributed by atoms with Crippen LogP contribution in [0.3, 0.4) is 0 Å². The first-order valence-electron chi connectivity index (χ1n) is 7.14.